The number of aromatic nitrogens is 1. The zero-order chi connectivity index (χ0) is 24.9. The van der Waals surface area contributed by atoms with Gasteiger partial charge in [-0.3, -0.25) is 4.98 Å². The minimum atomic E-state index is -0.966. The van der Waals surface area contributed by atoms with Crippen LogP contribution in [0.4, 0.5) is 4.39 Å². The molecule has 3 aromatic carbocycles. The van der Waals surface area contributed by atoms with E-state index < -0.39 is 12.0 Å². The Balaban J connectivity index is 1.70. The average Bonchev–Trinajstić information content (AvgIpc) is 2.86. The third kappa shape index (κ3) is 5.49. The monoisotopic (exact) mass is 468 g/mol. The van der Waals surface area contributed by atoms with E-state index in [-0.39, 0.29) is 17.3 Å². The molecule has 5 nitrogen and oxygen atoms in total. The second-order valence-electron chi connectivity index (χ2n) is 8.65. The standard InChI is InChI=1S/C29H25FN2O3/c1-18-15-25(30)11-12-26(18)27(17-28(32-35)24-13-14-31-19(2)16-24)22-7-3-20(4-8-22)21-5-9-23(10-6-21)29(33)34/h3-16,27-28H,17H2,1-2H3,(H,33,34)/t27-,28?/m1/s1. The van der Waals surface area contributed by atoms with Gasteiger partial charge in [0.25, 0.3) is 0 Å². The first-order valence-electron chi connectivity index (χ1n) is 11.3. The summed E-state index contributed by atoms with van der Waals surface area (Å²) >= 11 is 0. The summed E-state index contributed by atoms with van der Waals surface area (Å²) in [5.74, 6) is -1.46. The van der Waals surface area contributed by atoms with Gasteiger partial charge in [-0.05, 0) is 90.0 Å². The highest BCUT2D eigenvalue weighted by molar-refractivity contribution is 5.88. The molecule has 1 heterocycles. The molecule has 0 fully saturated rings. The summed E-state index contributed by atoms with van der Waals surface area (Å²) in [7, 11) is 0. The summed E-state index contributed by atoms with van der Waals surface area (Å²) in [4.78, 5) is 27.2. The second-order valence-corrected chi connectivity index (χ2v) is 8.65. The number of carboxylic acids is 1. The molecular weight excluding hydrogens is 443 g/mol. The first-order chi connectivity index (χ1) is 16.9. The Labute approximate surface area is 203 Å². The molecule has 0 aliphatic heterocycles. The number of halogens is 1. The lowest BCUT2D eigenvalue weighted by atomic mass is 9.82. The highest BCUT2D eigenvalue weighted by Gasteiger charge is 2.24. The van der Waals surface area contributed by atoms with Gasteiger partial charge in [0.2, 0.25) is 0 Å². The van der Waals surface area contributed by atoms with Crippen LogP contribution >= 0.6 is 0 Å². The SMILES string of the molecule is Cc1cc(C(C[C@H](c2ccc(-c3ccc(C(=O)O)cc3)cc2)c2ccc(F)cc2C)N=O)ccn1. The van der Waals surface area contributed by atoms with Gasteiger partial charge in [0, 0.05) is 17.8 Å². The van der Waals surface area contributed by atoms with Crippen molar-refractivity contribution in [3.05, 3.63) is 129 Å². The molecule has 0 aliphatic rings. The smallest absolute Gasteiger partial charge is 0.335 e. The van der Waals surface area contributed by atoms with E-state index in [1.54, 1.807) is 42.6 Å². The number of benzene rings is 3. The number of nitroso groups, excluding NO2 is 1. The van der Waals surface area contributed by atoms with Gasteiger partial charge < -0.3 is 5.11 Å². The van der Waals surface area contributed by atoms with Crippen LogP contribution < -0.4 is 0 Å². The highest BCUT2D eigenvalue weighted by Crippen LogP contribution is 2.38. The topological polar surface area (TPSA) is 79.6 Å². The molecule has 4 aromatic rings. The predicted octanol–water partition coefficient (Wildman–Crippen LogP) is 7.23. The van der Waals surface area contributed by atoms with E-state index in [9.17, 15) is 14.1 Å². The lowest BCUT2D eigenvalue weighted by molar-refractivity contribution is 0.0697. The lowest BCUT2D eigenvalue weighted by Gasteiger charge is -2.23. The van der Waals surface area contributed by atoms with Crippen molar-refractivity contribution in [3.63, 3.8) is 0 Å². The molecular formula is C29H25FN2O3. The maximum atomic E-state index is 13.9. The largest absolute Gasteiger partial charge is 0.478 e. The minimum absolute atomic E-state index is 0.185. The number of carbonyl (C=O) groups is 1. The maximum Gasteiger partial charge on any atom is 0.335 e. The normalized spacial score (nSPS) is 12.7. The van der Waals surface area contributed by atoms with Gasteiger partial charge in [0.05, 0.1) is 5.56 Å². The molecule has 0 aliphatic carbocycles. The van der Waals surface area contributed by atoms with E-state index >= 15 is 0 Å². The van der Waals surface area contributed by atoms with Gasteiger partial charge in [-0.15, -0.1) is 0 Å². The Kier molecular flexibility index (Phi) is 7.11. The van der Waals surface area contributed by atoms with Crippen LogP contribution in [0.3, 0.4) is 0 Å². The summed E-state index contributed by atoms with van der Waals surface area (Å²) in [5.41, 5.74) is 6.39. The van der Waals surface area contributed by atoms with Crippen LogP contribution in [0.15, 0.2) is 90.2 Å². The molecule has 176 valence electrons. The Morgan fingerprint density at radius 3 is 2.14 bits per heavy atom. The molecule has 0 amide bonds. The molecule has 0 radical (unpaired) electrons. The number of hydrogen-bond donors (Lipinski definition) is 1. The Morgan fingerprint density at radius 1 is 0.914 bits per heavy atom. The van der Waals surface area contributed by atoms with Gasteiger partial charge in [-0.1, -0.05) is 47.6 Å². The number of aryl methyl sites for hydroxylation is 2. The summed E-state index contributed by atoms with van der Waals surface area (Å²) in [6.07, 6.45) is 2.09. The van der Waals surface area contributed by atoms with E-state index in [0.717, 1.165) is 39.1 Å². The molecule has 0 saturated heterocycles. The summed E-state index contributed by atoms with van der Waals surface area (Å²) in [6, 6.07) is 22.4. The van der Waals surface area contributed by atoms with Crippen LogP contribution in [0.1, 0.15) is 56.7 Å². The van der Waals surface area contributed by atoms with Gasteiger partial charge in [-0.2, -0.15) is 4.91 Å². The van der Waals surface area contributed by atoms with Crippen molar-refractivity contribution in [2.75, 3.05) is 0 Å². The number of rotatable bonds is 8. The highest BCUT2D eigenvalue weighted by atomic mass is 19.1. The zero-order valence-corrected chi connectivity index (χ0v) is 19.5. The first-order valence-corrected chi connectivity index (χ1v) is 11.3. The molecule has 1 N–H and O–H groups in total. The maximum absolute atomic E-state index is 13.9. The minimum Gasteiger partial charge on any atom is -0.478 e. The number of nitrogens with zero attached hydrogens (tertiary/aromatic N) is 2. The molecule has 0 bridgehead atoms. The van der Waals surface area contributed by atoms with Crippen molar-refractivity contribution >= 4 is 5.97 Å². The van der Waals surface area contributed by atoms with Crippen molar-refractivity contribution in [2.24, 2.45) is 5.18 Å². The van der Waals surface area contributed by atoms with E-state index in [2.05, 4.69) is 10.2 Å². The fraction of sp³-hybridized carbons (Fsp3) is 0.172. The first kappa shape index (κ1) is 24.0. The van der Waals surface area contributed by atoms with Crippen molar-refractivity contribution in [1.82, 2.24) is 4.98 Å². The van der Waals surface area contributed by atoms with Crippen molar-refractivity contribution in [2.45, 2.75) is 32.2 Å². The van der Waals surface area contributed by atoms with Crippen LogP contribution in [0.5, 0.6) is 0 Å². The van der Waals surface area contributed by atoms with E-state index in [4.69, 9.17) is 5.11 Å². The quantitative estimate of drug-likeness (QED) is 0.277. The van der Waals surface area contributed by atoms with Gasteiger partial charge in [0.15, 0.2) is 0 Å². The summed E-state index contributed by atoms with van der Waals surface area (Å²) in [5, 5.41) is 12.5. The number of hydrogen-bond acceptors (Lipinski definition) is 4. The van der Waals surface area contributed by atoms with Gasteiger partial charge in [0.1, 0.15) is 11.9 Å². The summed E-state index contributed by atoms with van der Waals surface area (Å²) in [6.45, 7) is 3.73. The average molecular weight is 469 g/mol. The molecule has 4 rings (SSSR count). The Morgan fingerprint density at radius 2 is 1.57 bits per heavy atom. The van der Waals surface area contributed by atoms with Crippen molar-refractivity contribution in [3.8, 4) is 11.1 Å². The van der Waals surface area contributed by atoms with Crippen LogP contribution in [-0.4, -0.2) is 16.1 Å². The number of aromatic carboxylic acids is 1. The molecule has 2 atom stereocenters. The fourth-order valence-electron chi connectivity index (χ4n) is 4.42. The van der Waals surface area contributed by atoms with Crippen LogP contribution in [0.25, 0.3) is 11.1 Å². The van der Waals surface area contributed by atoms with E-state index in [1.807, 2.05) is 44.2 Å². The Bertz CT molecular complexity index is 1350. The molecule has 0 spiro atoms. The van der Waals surface area contributed by atoms with Gasteiger partial charge in [-0.25, -0.2) is 9.18 Å². The molecule has 0 saturated carbocycles. The van der Waals surface area contributed by atoms with Crippen molar-refractivity contribution in [1.29, 1.82) is 0 Å². The third-order valence-electron chi connectivity index (χ3n) is 6.28. The van der Waals surface area contributed by atoms with Gasteiger partial charge >= 0.3 is 5.97 Å². The predicted molar refractivity (Wildman–Crippen MR) is 134 cm³/mol. The van der Waals surface area contributed by atoms with Crippen LogP contribution in [0, 0.1) is 24.6 Å². The molecule has 6 heteroatoms. The summed E-state index contributed by atoms with van der Waals surface area (Å²) < 4.78 is 13.9. The zero-order valence-electron chi connectivity index (χ0n) is 19.5. The van der Waals surface area contributed by atoms with Crippen LogP contribution in [0.2, 0.25) is 0 Å². The fourth-order valence-corrected chi connectivity index (χ4v) is 4.42. The molecule has 1 aromatic heterocycles. The Hall–Kier alpha value is -4.19. The number of pyridine rings is 1. The molecule has 1 unspecified atom stereocenters. The van der Waals surface area contributed by atoms with Crippen LogP contribution in [-0.2, 0) is 0 Å². The number of carboxylic acid groups (broad SMARTS) is 1. The van der Waals surface area contributed by atoms with E-state index in [1.165, 1.54) is 12.1 Å². The second kappa shape index (κ2) is 10.4. The lowest BCUT2D eigenvalue weighted by Crippen LogP contribution is -2.09. The third-order valence-corrected chi connectivity index (χ3v) is 6.28. The molecule has 35 heavy (non-hydrogen) atoms. The van der Waals surface area contributed by atoms with Crippen molar-refractivity contribution < 1.29 is 14.3 Å². The van der Waals surface area contributed by atoms with E-state index in [0.29, 0.717) is 6.42 Å².